The Morgan fingerprint density at radius 3 is 2.38 bits per heavy atom. The number of fused-ring (bicyclic) bond motifs is 1. The van der Waals surface area contributed by atoms with Crippen LogP contribution in [0.3, 0.4) is 0 Å². The first-order valence-electron chi connectivity index (χ1n) is 10.3. The van der Waals surface area contributed by atoms with E-state index in [1.54, 1.807) is 11.7 Å². The number of para-hydroxylation sites is 1. The maximum atomic E-state index is 6.26. The van der Waals surface area contributed by atoms with Gasteiger partial charge in [0.05, 0.1) is 12.8 Å². The second-order valence-corrected chi connectivity index (χ2v) is 7.29. The van der Waals surface area contributed by atoms with Gasteiger partial charge in [-0.2, -0.15) is 4.98 Å². The highest BCUT2D eigenvalue weighted by Gasteiger charge is 2.16. The molecule has 7 nitrogen and oxygen atoms in total. The van der Waals surface area contributed by atoms with Crippen molar-refractivity contribution in [3.05, 3.63) is 90.6 Å². The molecule has 5 aromatic rings. The molecule has 0 aliphatic carbocycles. The van der Waals surface area contributed by atoms with Gasteiger partial charge in [0.15, 0.2) is 0 Å². The number of rotatable bonds is 6. The summed E-state index contributed by atoms with van der Waals surface area (Å²) in [6.07, 6.45) is 1.85. The molecule has 0 atom stereocenters. The summed E-state index contributed by atoms with van der Waals surface area (Å²) in [5.74, 6) is 2.09. The maximum Gasteiger partial charge on any atom is 0.239 e. The first-order valence-corrected chi connectivity index (χ1v) is 10.3. The van der Waals surface area contributed by atoms with Crippen molar-refractivity contribution < 1.29 is 4.74 Å². The summed E-state index contributed by atoms with van der Waals surface area (Å²) in [4.78, 5) is 14.1. The number of nitrogens with one attached hydrogen (secondary N) is 1. The highest BCUT2D eigenvalue weighted by Crippen LogP contribution is 2.30. The van der Waals surface area contributed by atoms with Crippen molar-refractivity contribution >= 4 is 22.7 Å². The fraction of sp³-hybridized carbons (Fsp3) is 0.0800. The molecule has 0 amide bonds. The number of nitrogens with two attached hydrogens (primary N) is 1. The van der Waals surface area contributed by atoms with Crippen molar-refractivity contribution in [1.29, 1.82) is 0 Å². The van der Waals surface area contributed by atoms with Crippen LogP contribution in [0.15, 0.2) is 85.1 Å². The predicted molar refractivity (Wildman–Crippen MR) is 127 cm³/mol. The molecule has 5 rings (SSSR count). The van der Waals surface area contributed by atoms with Gasteiger partial charge in [-0.3, -0.25) is 4.57 Å². The van der Waals surface area contributed by atoms with E-state index in [2.05, 4.69) is 22.4 Å². The number of methoxy groups -OCH3 is 1. The van der Waals surface area contributed by atoms with Crippen molar-refractivity contribution in [3.8, 4) is 23.0 Å². The minimum Gasteiger partial charge on any atom is -0.494 e. The molecule has 3 aromatic carbocycles. The fourth-order valence-corrected chi connectivity index (χ4v) is 3.61. The lowest BCUT2D eigenvalue weighted by atomic mass is 10.2. The molecule has 2 heterocycles. The van der Waals surface area contributed by atoms with Crippen LogP contribution in [-0.4, -0.2) is 26.6 Å². The number of aromatic nitrogens is 4. The molecular weight excluding hydrogens is 400 g/mol. The zero-order valence-corrected chi connectivity index (χ0v) is 17.6. The van der Waals surface area contributed by atoms with Crippen LogP contribution < -0.4 is 15.8 Å². The zero-order valence-electron chi connectivity index (χ0n) is 17.6. The average molecular weight is 422 g/mol. The lowest BCUT2D eigenvalue weighted by Crippen LogP contribution is -2.09. The lowest BCUT2D eigenvalue weighted by Gasteiger charge is -2.13. The standard InChI is InChI=1S/C25H22N6O/c1-32-21-14-8-13-19-22(21)29-25(30-23(19)27-15-17-9-4-2-5-10-17)31-16-20(28-24(31)26)18-11-6-3-7-12-18/h2-14,16H,15H2,1H3,(H2,26,28)(H,27,29,30). The summed E-state index contributed by atoms with van der Waals surface area (Å²) in [7, 11) is 1.63. The smallest absolute Gasteiger partial charge is 0.239 e. The molecule has 0 saturated heterocycles. The Morgan fingerprint density at radius 2 is 1.62 bits per heavy atom. The number of nitrogens with zero attached hydrogens (tertiary/aromatic N) is 4. The van der Waals surface area contributed by atoms with Crippen molar-refractivity contribution in [3.63, 3.8) is 0 Å². The number of imidazole rings is 1. The zero-order chi connectivity index (χ0) is 21.9. The summed E-state index contributed by atoms with van der Waals surface area (Å²) in [6, 6.07) is 25.8. The van der Waals surface area contributed by atoms with Crippen LogP contribution in [-0.2, 0) is 6.54 Å². The van der Waals surface area contributed by atoms with Crippen LogP contribution in [0.5, 0.6) is 5.75 Å². The lowest BCUT2D eigenvalue weighted by molar-refractivity contribution is 0.419. The quantitative estimate of drug-likeness (QED) is 0.413. The Balaban J connectivity index is 1.61. The first kappa shape index (κ1) is 19.6. The van der Waals surface area contributed by atoms with Gasteiger partial charge in [0.1, 0.15) is 17.1 Å². The molecule has 0 fully saturated rings. The molecule has 32 heavy (non-hydrogen) atoms. The van der Waals surface area contributed by atoms with Crippen LogP contribution in [0.1, 0.15) is 5.56 Å². The number of hydrogen-bond donors (Lipinski definition) is 2. The van der Waals surface area contributed by atoms with E-state index in [0.717, 1.165) is 22.2 Å². The van der Waals surface area contributed by atoms with E-state index in [-0.39, 0.29) is 0 Å². The second kappa shape index (κ2) is 8.39. The Kier molecular flexibility index (Phi) is 5.13. The molecule has 3 N–H and O–H groups in total. The third-order valence-corrected chi connectivity index (χ3v) is 5.22. The van der Waals surface area contributed by atoms with Crippen molar-refractivity contribution in [2.75, 3.05) is 18.2 Å². The van der Waals surface area contributed by atoms with Crippen LogP contribution in [0, 0.1) is 0 Å². The Morgan fingerprint density at radius 1 is 0.875 bits per heavy atom. The van der Waals surface area contributed by atoms with Crippen LogP contribution in [0.25, 0.3) is 28.1 Å². The van der Waals surface area contributed by atoms with Crippen molar-refractivity contribution in [1.82, 2.24) is 19.5 Å². The molecule has 0 radical (unpaired) electrons. The van der Waals surface area contributed by atoms with Gasteiger partial charge in [-0.1, -0.05) is 66.7 Å². The normalized spacial score (nSPS) is 10.9. The van der Waals surface area contributed by atoms with Crippen molar-refractivity contribution in [2.45, 2.75) is 6.54 Å². The molecule has 0 aliphatic heterocycles. The highest BCUT2D eigenvalue weighted by molar-refractivity contribution is 5.93. The van der Waals surface area contributed by atoms with Gasteiger partial charge in [-0.25, -0.2) is 9.97 Å². The van der Waals surface area contributed by atoms with E-state index >= 15 is 0 Å². The van der Waals surface area contributed by atoms with Gasteiger partial charge in [0.25, 0.3) is 0 Å². The van der Waals surface area contributed by atoms with Crippen molar-refractivity contribution in [2.24, 2.45) is 0 Å². The SMILES string of the molecule is COc1cccc2c(NCc3ccccc3)nc(-n3cc(-c4ccccc4)nc3N)nc12. The molecular formula is C25H22N6O. The van der Waals surface area contributed by atoms with Crippen LogP contribution in [0.2, 0.25) is 0 Å². The number of benzene rings is 3. The Labute approximate surface area is 185 Å². The molecule has 158 valence electrons. The molecule has 0 saturated carbocycles. The molecule has 0 unspecified atom stereocenters. The molecule has 0 spiro atoms. The molecule has 0 bridgehead atoms. The van der Waals surface area contributed by atoms with Crippen LogP contribution >= 0.6 is 0 Å². The summed E-state index contributed by atoms with van der Waals surface area (Å²) < 4.78 is 7.26. The Bertz CT molecular complexity index is 1370. The number of ether oxygens (including phenoxy) is 1. The predicted octanol–water partition coefficient (Wildman–Crippen LogP) is 4.69. The van der Waals surface area contributed by atoms with E-state index < -0.39 is 0 Å². The van der Waals surface area contributed by atoms with Gasteiger partial charge in [0.2, 0.25) is 11.9 Å². The molecule has 2 aromatic heterocycles. The monoisotopic (exact) mass is 422 g/mol. The van der Waals surface area contributed by atoms with Gasteiger partial charge < -0.3 is 15.8 Å². The highest BCUT2D eigenvalue weighted by atomic mass is 16.5. The number of anilines is 2. The van der Waals surface area contributed by atoms with E-state index in [0.29, 0.717) is 35.5 Å². The van der Waals surface area contributed by atoms with Gasteiger partial charge in [0, 0.05) is 23.7 Å². The summed E-state index contributed by atoms with van der Waals surface area (Å²) in [5, 5.41) is 4.31. The van der Waals surface area contributed by atoms with Gasteiger partial charge in [-0.05, 0) is 17.7 Å². The minimum absolute atomic E-state index is 0.312. The van der Waals surface area contributed by atoms with E-state index in [1.165, 1.54) is 0 Å². The van der Waals surface area contributed by atoms with E-state index in [4.69, 9.17) is 20.4 Å². The van der Waals surface area contributed by atoms with Gasteiger partial charge >= 0.3 is 0 Å². The second-order valence-electron chi connectivity index (χ2n) is 7.29. The fourth-order valence-electron chi connectivity index (χ4n) is 3.61. The first-order chi connectivity index (χ1) is 15.7. The topological polar surface area (TPSA) is 90.9 Å². The van der Waals surface area contributed by atoms with Gasteiger partial charge in [-0.15, -0.1) is 0 Å². The summed E-state index contributed by atoms with van der Waals surface area (Å²) in [5.41, 5.74) is 9.84. The average Bonchev–Trinajstić information content (AvgIpc) is 3.24. The van der Waals surface area contributed by atoms with E-state index in [1.807, 2.05) is 72.9 Å². The third-order valence-electron chi connectivity index (χ3n) is 5.22. The molecule has 0 aliphatic rings. The third kappa shape index (κ3) is 3.72. The summed E-state index contributed by atoms with van der Waals surface area (Å²) in [6.45, 7) is 0.623. The minimum atomic E-state index is 0.312. The molecule has 7 heteroatoms. The maximum absolute atomic E-state index is 6.26. The Hall–Kier alpha value is -4.39. The number of hydrogen-bond acceptors (Lipinski definition) is 6. The van der Waals surface area contributed by atoms with Crippen LogP contribution in [0.4, 0.5) is 11.8 Å². The largest absolute Gasteiger partial charge is 0.494 e. The number of nitrogen functional groups attached to an aromatic ring is 1. The summed E-state index contributed by atoms with van der Waals surface area (Å²) >= 11 is 0. The van der Waals surface area contributed by atoms with E-state index in [9.17, 15) is 0 Å².